The molecular weight excluding hydrogens is 322 g/mol. The highest BCUT2D eigenvalue weighted by atomic mass is 32.2. The largest absolute Gasteiger partial charge is 0.491 e. The maximum absolute atomic E-state index is 5.86. The van der Waals surface area contributed by atoms with Crippen LogP contribution < -0.4 is 4.74 Å². The molecule has 1 aromatic carbocycles. The van der Waals surface area contributed by atoms with Gasteiger partial charge in [0, 0.05) is 18.4 Å². The van der Waals surface area contributed by atoms with Crippen LogP contribution in [0.4, 0.5) is 0 Å². The van der Waals surface area contributed by atoms with Crippen LogP contribution >= 0.6 is 11.8 Å². The molecule has 0 atom stereocenters. The van der Waals surface area contributed by atoms with Crippen LogP contribution in [0.5, 0.6) is 5.75 Å². The number of thioether (sulfide) groups is 1. The van der Waals surface area contributed by atoms with Gasteiger partial charge in [-0.1, -0.05) is 23.9 Å². The fraction of sp³-hybridized carbons (Fsp3) is 0.333. The third kappa shape index (κ3) is 3.25. The van der Waals surface area contributed by atoms with E-state index in [1.165, 1.54) is 0 Å². The Balaban J connectivity index is 2.01. The first-order chi connectivity index (χ1) is 11.8. The number of ether oxygens (including phenoxy) is 2. The summed E-state index contributed by atoms with van der Waals surface area (Å²) in [4.78, 5) is 9.27. The van der Waals surface area contributed by atoms with Gasteiger partial charge < -0.3 is 9.47 Å². The fourth-order valence-electron chi connectivity index (χ4n) is 2.59. The van der Waals surface area contributed by atoms with Gasteiger partial charge in [-0.3, -0.25) is 4.57 Å². The number of hydrogen-bond acceptors (Lipinski definition) is 5. The number of aromatic nitrogens is 3. The second-order valence-corrected chi connectivity index (χ2v) is 6.00. The van der Waals surface area contributed by atoms with E-state index < -0.39 is 0 Å². The summed E-state index contributed by atoms with van der Waals surface area (Å²) in [5.41, 5.74) is 3.00. The molecule has 0 spiro atoms. The zero-order valence-corrected chi connectivity index (χ0v) is 15.0. The van der Waals surface area contributed by atoms with Gasteiger partial charge in [-0.25, -0.2) is 9.97 Å². The van der Waals surface area contributed by atoms with Crippen molar-refractivity contribution in [2.24, 2.45) is 0 Å². The predicted octanol–water partition coefficient (Wildman–Crippen LogP) is 3.87. The number of para-hydroxylation sites is 2. The van der Waals surface area contributed by atoms with Crippen LogP contribution in [0.3, 0.4) is 0 Å². The summed E-state index contributed by atoms with van der Waals surface area (Å²) in [6.45, 7) is 5.80. The molecule has 0 radical (unpaired) electrons. The molecule has 3 aromatic rings. The van der Waals surface area contributed by atoms with Crippen LogP contribution in [-0.4, -0.2) is 40.6 Å². The van der Waals surface area contributed by atoms with Gasteiger partial charge in [0.1, 0.15) is 18.2 Å². The summed E-state index contributed by atoms with van der Waals surface area (Å²) in [6, 6.07) is 9.98. The van der Waals surface area contributed by atoms with Gasteiger partial charge in [0.2, 0.25) is 0 Å². The predicted molar refractivity (Wildman–Crippen MR) is 97.4 cm³/mol. The van der Waals surface area contributed by atoms with Crippen molar-refractivity contribution in [2.45, 2.75) is 19.0 Å². The van der Waals surface area contributed by atoms with Gasteiger partial charge in [0.05, 0.1) is 17.6 Å². The van der Waals surface area contributed by atoms with E-state index in [1.54, 1.807) is 18.0 Å². The Labute approximate surface area is 146 Å². The van der Waals surface area contributed by atoms with E-state index in [0.717, 1.165) is 33.3 Å². The minimum atomic E-state index is 0.526. The van der Waals surface area contributed by atoms with Crippen LogP contribution in [0.15, 0.2) is 41.7 Å². The Kier molecular flexibility index (Phi) is 5.37. The molecule has 0 saturated carbocycles. The average molecular weight is 343 g/mol. The van der Waals surface area contributed by atoms with Gasteiger partial charge >= 0.3 is 0 Å². The van der Waals surface area contributed by atoms with Crippen LogP contribution in [-0.2, 0) is 4.74 Å². The van der Waals surface area contributed by atoms with Crippen LogP contribution in [0.25, 0.3) is 16.9 Å². The standard InChI is InChI=1S/C18H21N3O2S/c1-4-22-11-12-23-16-9-10-19-17(13(16)2)21-15-8-6-5-7-14(15)20-18(21)24-3/h5-10H,4,11-12H2,1-3H3. The summed E-state index contributed by atoms with van der Waals surface area (Å²) in [5, 5.41) is 0.915. The highest BCUT2D eigenvalue weighted by molar-refractivity contribution is 7.98. The van der Waals surface area contributed by atoms with Gasteiger partial charge in [-0.15, -0.1) is 0 Å². The van der Waals surface area contributed by atoms with Gasteiger partial charge in [0.25, 0.3) is 0 Å². The number of benzene rings is 1. The molecule has 2 aromatic heterocycles. The average Bonchev–Trinajstić information content (AvgIpc) is 2.98. The Bertz CT molecular complexity index is 832. The number of pyridine rings is 1. The van der Waals surface area contributed by atoms with Gasteiger partial charge in [-0.05, 0) is 38.3 Å². The van der Waals surface area contributed by atoms with E-state index in [2.05, 4.69) is 20.6 Å². The minimum absolute atomic E-state index is 0.526. The maximum atomic E-state index is 5.86. The van der Waals surface area contributed by atoms with E-state index in [0.29, 0.717) is 19.8 Å². The zero-order valence-electron chi connectivity index (χ0n) is 14.2. The first kappa shape index (κ1) is 16.8. The Morgan fingerprint density at radius 3 is 2.79 bits per heavy atom. The van der Waals surface area contributed by atoms with E-state index in [9.17, 15) is 0 Å². The molecule has 0 aliphatic rings. The molecule has 0 amide bonds. The van der Waals surface area contributed by atoms with Crippen molar-refractivity contribution in [1.29, 1.82) is 0 Å². The van der Waals surface area contributed by atoms with Crippen molar-refractivity contribution in [3.05, 3.63) is 42.1 Å². The number of imidazole rings is 1. The Morgan fingerprint density at radius 2 is 2.00 bits per heavy atom. The molecule has 0 fully saturated rings. The number of hydrogen-bond donors (Lipinski definition) is 0. The Morgan fingerprint density at radius 1 is 1.17 bits per heavy atom. The van der Waals surface area contributed by atoms with Crippen LogP contribution in [0, 0.1) is 6.92 Å². The molecule has 0 N–H and O–H groups in total. The lowest BCUT2D eigenvalue weighted by Gasteiger charge is -2.14. The van der Waals surface area contributed by atoms with Crippen LogP contribution in [0.1, 0.15) is 12.5 Å². The third-order valence-electron chi connectivity index (χ3n) is 3.74. The summed E-state index contributed by atoms with van der Waals surface area (Å²) < 4.78 is 13.3. The van der Waals surface area contributed by atoms with Crippen molar-refractivity contribution < 1.29 is 9.47 Å². The second-order valence-electron chi connectivity index (χ2n) is 5.23. The highest BCUT2D eigenvalue weighted by Crippen LogP contribution is 2.30. The SMILES string of the molecule is CCOCCOc1ccnc(-n2c(SC)nc3ccccc32)c1C. The van der Waals surface area contributed by atoms with Crippen molar-refractivity contribution in [2.75, 3.05) is 26.1 Å². The molecule has 0 saturated heterocycles. The highest BCUT2D eigenvalue weighted by Gasteiger charge is 2.16. The third-order valence-corrected chi connectivity index (χ3v) is 4.38. The van der Waals surface area contributed by atoms with Crippen molar-refractivity contribution in [1.82, 2.24) is 14.5 Å². The zero-order chi connectivity index (χ0) is 16.9. The summed E-state index contributed by atoms with van der Waals surface area (Å²) in [7, 11) is 0. The van der Waals surface area contributed by atoms with E-state index >= 15 is 0 Å². The fourth-order valence-corrected chi connectivity index (χ4v) is 3.15. The smallest absolute Gasteiger partial charge is 0.174 e. The van der Waals surface area contributed by atoms with Crippen LogP contribution in [0.2, 0.25) is 0 Å². The molecule has 0 aliphatic carbocycles. The molecule has 6 heteroatoms. The van der Waals surface area contributed by atoms with Gasteiger partial charge in [-0.2, -0.15) is 0 Å². The molecule has 126 valence electrons. The summed E-state index contributed by atoms with van der Waals surface area (Å²) in [6.07, 6.45) is 3.80. The van der Waals surface area contributed by atoms with Gasteiger partial charge in [0.15, 0.2) is 5.16 Å². The number of nitrogens with zero attached hydrogens (tertiary/aromatic N) is 3. The molecule has 0 aliphatic heterocycles. The molecular formula is C18H21N3O2S. The first-order valence-corrected chi connectivity index (χ1v) is 9.16. The minimum Gasteiger partial charge on any atom is -0.491 e. The second kappa shape index (κ2) is 7.68. The maximum Gasteiger partial charge on any atom is 0.174 e. The monoisotopic (exact) mass is 343 g/mol. The molecule has 0 bridgehead atoms. The normalized spacial score (nSPS) is 11.1. The quantitative estimate of drug-likeness (QED) is 0.481. The van der Waals surface area contributed by atoms with Crippen molar-refractivity contribution >= 4 is 22.8 Å². The first-order valence-electron chi connectivity index (χ1n) is 7.94. The van der Waals surface area contributed by atoms with Crippen molar-refractivity contribution in [3.63, 3.8) is 0 Å². The molecule has 24 heavy (non-hydrogen) atoms. The Hall–Kier alpha value is -2.05. The van der Waals surface area contributed by atoms with E-state index in [1.807, 2.05) is 44.4 Å². The topological polar surface area (TPSA) is 49.2 Å². The van der Waals surface area contributed by atoms with E-state index in [4.69, 9.17) is 9.47 Å². The number of rotatable bonds is 7. The lowest BCUT2D eigenvalue weighted by molar-refractivity contribution is 0.110. The number of fused-ring (bicyclic) bond motifs is 1. The lowest BCUT2D eigenvalue weighted by Crippen LogP contribution is -2.09. The molecule has 2 heterocycles. The molecule has 3 rings (SSSR count). The lowest BCUT2D eigenvalue weighted by atomic mass is 10.2. The van der Waals surface area contributed by atoms with Crippen molar-refractivity contribution in [3.8, 4) is 11.6 Å². The molecule has 0 unspecified atom stereocenters. The summed E-state index contributed by atoms with van der Waals surface area (Å²) >= 11 is 1.61. The summed E-state index contributed by atoms with van der Waals surface area (Å²) in [5.74, 6) is 1.67. The van der Waals surface area contributed by atoms with E-state index in [-0.39, 0.29) is 0 Å². The molecule has 5 nitrogen and oxygen atoms in total.